The third-order valence-corrected chi connectivity index (χ3v) is 11.7. The molecule has 332 valence electrons. The first-order chi connectivity index (χ1) is 27.4. The van der Waals surface area contributed by atoms with Crippen LogP contribution in [0.15, 0.2) is 0 Å². The van der Waals surface area contributed by atoms with E-state index in [2.05, 4.69) is 27.7 Å². The van der Waals surface area contributed by atoms with Crippen LogP contribution in [0.25, 0.3) is 0 Å². The van der Waals surface area contributed by atoms with Crippen molar-refractivity contribution in [1.82, 2.24) is 0 Å². The zero-order valence-electron chi connectivity index (χ0n) is 38.1. The molecule has 6 heteroatoms. The fraction of sp³-hybridized carbons (Fsp3) is 0.940. The molecule has 0 aromatic rings. The quantitative estimate of drug-likeness (QED) is 0.0347. The van der Waals surface area contributed by atoms with Crippen LogP contribution in [0.4, 0.5) is 0 Å². The molecular weight excluding hydrogens is 697 g/mol. The van der Waals surface area contributed by atoms with E-state index in [-0.39, 0.29) is 31.1 Å². The van der Waals surface area contributed by atoms with Crippen LogP contribution in [0, 0.1) is 5.92 Å². The first-order valence-electron chi connectivity index (χ1n) is 24.9. The number of carbonyl (C=O) groups is 3. The third kappa shape index (κ3) is 42.0. The van der Waals surface area contributed by atoms with Gasteiger partial charge in [0, 0.05) is 19.3 Å². The molecule has 0 N–H and O–H groups in total. The van der Waals surface area contributed by atoms with Crippen LogP contribution < -0.4 is 0 Å². The molecule has 0 bridgehead atoms. The van der Waals surface area contributed by atoms with Gasteiger partial charge in [0.2, 0.25) is 0 Å². The van der Waals surface area contributed by atoms with Crippen molar-refractivity contribution < 1.29 is 28.6 Å². The van der Waals surface area contributed by atoms with Gasteiger partial charge in [-0.3, -0.25) is 14.4 Å². The summed E-state index contributed by atoms with van der Waals surface area (Å²) < 4.78 is 16.7. The normalized spacial score (nSPS) is 12.4. The Labute approximate surface area is 348 Å². The van der Waals surface area contributed by atoms with Crippen LogP contribution in [0.3, 0.4) is 0 Å². The zero-order valence-corrected chi connectivity index (χ0v) is 38.1. The molecule has 0 rings (SSSR count). The van der Waals surface area contributed by atoms with Crippen molar-refractivity contribution >= 4 is 17.9 Å². The summed E-state index contributed by atoms with van der Waals surface area (Å²) in [4.78, 5) is 37.8. The lowest BCUT2D eigenvalue weighted by molar-refractivity contribution is -0.167. The average Bonchev–Trinajstić information content (AvgIpc) is 3.19. The second kappa shape index (κ2) is 44.5. The minimum absolute atomic E-state index is 0.0636. The Bertz CT molecular complexity index is 843. The van der Waals surface area contributed by atoms with Gasteiger partial charge >= 0.3 is 17.9 Å². The predicted octanol–water partition coefficient (Wildman–Crippen LogP) is 15.9. The lowest BCUT2D eigenvalue weighted by atomic mass is 9.99. The minimum Gasteiger partial charge on any atom is -0.462 e. The van der Waals surface area contributed by atoms with Gasteiger partial charge in [0.15, 0.2) is 6.10 Å². The van der Waals surface area contributed by atoms with E-state index in [9.17, 15) is 14.4 Å². The van der Waals surface area contributed by atoms with E-state index in [1.807, 2.05) is 0 Å². The predicted molar refractivity (Wildman–Crippen MR) is 238 cm³/mol. The van der Waals surface area contributed by atoms with Crippen LogP contribution >= 0.6 is 0 Å². The summed E-state index contributed by atoms with van der Waals surface area (Å²) in [5.74, 6) is -0.00716. The first-order valence-corrected chi connectivity index (χ1v) is 24.9. The van der Waals surface area contributed by atoms with E-state index in [1.54, 1.807) is 0 Å². The zero-order chi connectivity index (χ0) is 41.0. The molecule has 0 fully saturated rings. The molecule has 0 heterocycles. The van der Waals surface area contributed by atoms with Gasteiger partial charge in [-0.1, -0.05) is 240 Å². The maximum absolute atomic E-state index is 12.7. The van der Waals surface area contributed by atoms with Crippen molar-refractivity contribution in [3.8, 4) is 0 Å². The topological polar surface area (TPSA) is 78.9 Å². The number of ether oxygens (including phenoxy) is 3. The molecule has 0 aromatic carbocycles. The molecule has 0 saturated heterocycles. The summed E-state index contributed by atoms with van der Waals surface area (Å²) in [6.45, 7) is 9.00. The van der Waals surface area contributed by atoms with E-state index in [1.165, 1.54) is 173 Å². The van der Waals surface area contributed by atoms with Gasteiger partial charge in [-0.2, -0.15) is 0 Å². The molecule has 0 aromatic heterocycles. The van der Waals surface area contributed by atoms with E-state index < -0.39 is 6.10 Å². The number of carbonyl (C=O) groups excluding carboxylic acids is 3. The first kappa shape index (κ1) is 54.4. The third-order valence-electron chi connectivity index (χ3n) is 11.7. The Balaban J connectivity index is 4.26. The van der Waals surface area contributed by atoms with Crippen molar-refractivity contribution in [2.45, 2.75) is 284 Å². The van der Waals surface area contributed by atoms with Gasteiger partial charge in [0.25, 0.3) is 0 Å². The molecule has 0 aliphatic heterocycles. The van der Waals surface area contributed by atoms with Crippen molar-refractivity contribution in [1.29, 1.82) is 0 Å². The fourth-order valence-electron chi connectivity index (χ4n) is 7.48. The molecule has 6 nitrogen and oxygen atoms in total. The van der Waals surface area contributed by atoms with E-state index in [0.717, 1.165) is 63.7 Å². The lowest BCUT2D eigenvalue weighted by Gasteiger charge is -2.18. The van der Waals surface area contributed by atoms with Crippen molar-refractivity contribution in [3.63, 3.8) is 0 Å². The molecule has 1 unspecified atom stereocenters. The number of esters is 3. The highest BCUT2D eigenvalue weighted by molar-refractivity contribution is 5.71. The van der Waals surface area contributed by atoms with E-state index in [4.69, 9.17) is 14.2 Å². The highest BCUT2D eigenvalue weighted by Gasteiger charge is 2.19. The maximum atomic E-state index is 12.7. The molecule has 0 spiro atoms. The summed E-state index contributed by atoms with van der Waals surface area (Å²) in [5, 5.41) is 0. The van der Waals surface area contributed by atoms with Gasteiger partial charge in [0.1, 0.15) is 13.2 Å². The number of hydrogen-bond acceptors (Lipinski definition) is 6. The van der Waals surface area contributed by atoms with Crippen LogP contribution in [0.5, 0.6) is 0 Å². The Morgan fingerprint density at radius 3 is 0.929 bits per heavy atom. The molecular formula is C50H96O6. The fourth-order valence-corrected chi connectivity index (χ4v) is 7.48. The Morgan fingerprint density at radius 2 is 0.625 bits per heavy atom. The molecule has 0 aliphatic rings. The Hall–Kier alpha value is -1.59. The molecule has 2 atom stereocenters. The minimum atomic E-state index is -0.760. The number of unbranched alkanes of at least 4 members (excludes halogenated alkanes) is 31. The van der Waals surface area contributed by atoms with Crippen LogP contribution in [-0.2, 0) is 28.6 Å². The molecule has 0 saturated carbocycles. The lowest BCUT2D eigenvalue weighted by Crippen LogP contribution is -2.30. The monoisotopic (exact) mass is 793 g/mol. The number of rotatable bonds is 45. The second-order valence-electron chi connectivity index (χ2n) is 17.3. The van der Waals surface area contributed by atoms with Crippen LogP contribution in [0.1, 0.15) is 278 Å². The van der Waals surface area contributed by atoms with Crippen molar-refractivity contribution in [3.05, 3.63) is 0 Å². The molecule has 0 radical (unpaired) electrons. The summed E-state index contributed by atoms with van der Waals surface area (Å²) in [7, 11) is 0. The van der Waals surface area contributed by atoms with Crippen LogP contribution in [0.2, 0.25) is 0 Å². The maximum Gasteiger partial charge on any atom is 0.306 e. The molecule has 0 amide bonds. The smallest absolute Gasteiger partial charge is 0.306 e. The summed E-state index contributed by atoms with van der Waals surface area (Å²) in [6.07, 6.45) is 45.1. The Morgan fingerprint density at radius 1 is 0.357 bits per heavy atom. The summed E-state index contributed by atoms with van der Waals surface area (Å²) in [6, 6.07) is 0. The van der Waals surface area contributed by atoms with Gasteiger partial charge in [-0.05, 0) is 25.2 Å². The molecule has 56 heavy (non-hydrogen) atoms. The van der Waals surface area contributed by atoms with Gasteiger partial charge < -0.3 is 14.2 Å². The Kier molecular flexibility index (Phi) is 43.2. The van der Waals surface area contributed by atoms with E-state index in [0.29, 0.717) is 19.3 Å². The summed E-state index contributed by atoms with van der Waals surface area (Å²) in [5.41, 5.74) is 0. The van der Waals surface area contributed by atoms with Gasteiger partial charge in [-0.15, -0.1) is 0 Å². The highest BCUT2D eigenvalue weighted by atomic mass is 16.6. The van der Waals surface area contributed by atoms with Crippen molar-refractivity contribution in [2.24, 2.45) is 5.92 Å². The highest BCUT2D eigenvalue weighted by Crippen LogP contribution is 2.17. The number of hydrogen-bond donors (Lipinski definition) is 0. The standard InChI is InChI=1S/C50H96O6/c1-5-8-10-12-14-16-17-18-19-20-21-22-23-25-30-34-38-42-49(52)55-45-47(44-54-48(51)41-37-33-29-24-15-13-11-9-6-2)56-50(53)43-39-35-31-27-26-28-32-36-40-46(4)7-3/h46-47H,5-45H2,1-4H3/t46?,47-/m0/s1. The van der Waals surface area contributed by atoms with E-state index >= 15 is 0 Å². The van der Waals surface area contributed by atoms with Gasteiger partial charge in [0.05, 0.1) is 0 Å². The SMILES string of the molecule is CCCCCCCCCCCCCCCCCCCC(=O)OC[C@H](COC(=O)CCCCCCCCCCC)OC(=O)CCCCCCCCCCC(C)CC. The summed E-state index contributed by atoms with van der Waals surface area (Å²) >= 11 is 0. The molecule has 0 aliphatic carbocycles. The van der Waals surface area contributed by atoms with Crippen molar-refractivity contribution in [2.75, 3.05) is 13.2 Å². The largest absolute Gasteiger partial charge is 0.462 e. The second-order valence-corrected chi connectivity index (χ2v) is 17.3. The average molecular weight is 793 g/mol. The van der Waals surface area contributed by atoms with Gasteiger partial charge in [-0.25, -0.2) is 0 Å². The van der Waals surface area contributed by atoms with Crippen LogP contribution in [-0.4, -0.2) is 37.2 Å².